The molecule has 4 rings (SSSR count). The van der Waals surface area contributed by atoms with Gasteiger partial charge in [0.1, 0.15) is 12.4 Å². The van der Waals surface area contributed by atoms with Crippen molar-refractivity contribution in [3.8, 4) is 5.75 Å². The molecule has 0 aliphatic carbocycles. The molecule has 7 heteroatoms. The number of rotatable bonds is 9. The fraction of sp³-hybridized carbons (Fsp3) is 0.360. The highest BCUT2D eigenvalue weighted by atomic mass is 16.5. The third-order valence-electron chi connectivity index (χ3n) is 5.51. The summed E-state index contributed by atoms with van der Waals surface area (Å²) in [5.74, 6) is 0.683. The van der Waals surface area contributed by atoms with Crippen molar-refractivity contribution in [2.24, 2.45) is 0 Å². The Labute approximate surface area is 188 Å². The lowest BCUT2D eigenvalue weighted by molar-refractivity contribution is -0.126. The number of benzene rings is 2. The Balaban J connectivity index is 1.41. The lowest BCUT2D eigenvalue weighted by Crippen LogP contribution is -2.44. The number of carbonyl (C=O) groups excluding carboxylic acids is 2. The van der Waals surface area contributed by atoms with Crippen molar-refractivity contribution in [2.45, 2.75) is 39.0 Å². The fourth-order valence-corrected chi connectivity index (χ4v) is 3.93. The van der Waals surface area contributed by atoms with Gasteiger partial charge in [0.25, 0.3) is 5.91 Å². The molecule has 0 aromatic heterocycles. The van der Waals surface area contributed by atoms with Crippen molar-refractivity contribution in [2.75, 3.05) is 19.7 Å². The molecule has 0 saturated heterocycles. The van der Waals surface area contributed by atoms with E-state index in [4.69, 9.17) is 9.47 Å². The quantitative estimate of drug-likeness (QED) is 0.591. The third kappa shape index (κ3) is 5.11. The van der Waals surface area contributed by atoms with E-state index in [-0.39, 0.29) is 18.0 Å². The zero-order chi connectivity index (χ0) is 22.5. The van der Waals surface area contributed by atoms with Crippen molar-refractivity contribution in [3.63, 3.8) is 0 Å². The first kappa shape index (κ1) is 21.9. The van der Waals surface area contributed by atoms with E-state index in [2.05, 4.69) is 10.6 Å². The number of amides is 3. The van der Waals surface area contributed by atoms with Crippen LogP contribution in [0.15, 0.2) is 65.9 Å². The molecule has 0 saturated carbocycles. The van der Waals surface area contributed by atoms with E-state index in [1.165, 1.54) is 0 Å². The van der Waals surface area contributed by atoms with Gasteiger partial charge in [-0.25, -0.2) is 4.79 Å². The maximum absolute atomic E-state index is 13.1. The number of hydrogen-bond acceptors (Lipinski definition) is 4. The molecule has 3 amide bonds. The highest BCUT2D eigenvalue weighted by Crippen LogP contribution is 2.33. The molecule has 1 atom stereocenters. The summed E-state index contributed by atoms with van der Waals surface area (Å²) in [6, 6.07) is 16.7. The summed E-state index contributed by atoms with van der Waals surface area (Å²) in [5, 5.41) is 5.70. The standard InChI is InChI=1S/C25H29N3O4/c1-17(2)31-14-6-13-28-15-21-22(24(28)29)23(27-25(30)26-21)19-9-11-20(12-10-19)32-16-18-7-4-3-5-8-18/h3-5,7-12,17,23H,6,13-16H2,1-2H3,(H2,26,27,30). The van der Waals surface area contributed by atoms with Crippen LogP contribution in [0.3, 0.4) is 0 Å². The smallest absolute Gasteiger partial charge is 0.319 e. The van der Waals surface area contributed by atoms with E-state index in [1.54, 1.807) is 4.90 Å². The average Bonchev–Trinajstić information content (AvgIpc) is 3.10. The molecule has 0 radical (unpaired) electrons. The Morgan fingerprint density at radius 2 is 1.81 bits per heavy atom. The normalized spacial score (nSPS) is 18.0. The van der Waals surface area contributed by atoms with Crippen molar-refractivity contribution in [1.82, 2.24) is 15.5 Å². The van der Waals surface area contributed by atoms with Crippen LogP contribution in [0.25, 0.3) is 0 Å². The zero-order valence-electron chi connectivity index (χ0n) is 18.5. The molecule has 2 heterocycles. The number of nitrogens with zero attached hydrogens (tertiary/aromatic N) is 1. The molecular weight excluding hydrogens is 406 g/mol. The number of nitrogens with one attached hydrogen (secondary N) is 2. The van der Waals surface area contributed by atoms with Crippen LogP contribution in [-0.4, -0.2) is 42.6 Å². The third-order valence-corrected chi connectivity index (χ3v) is 5.51. The molecule has 7 nitrogen and oxygen atoms in total. The van der Waals surface area contributed by atoms with Crippen LogP contribution < -0.4 is 15.4 Å². The molecule has 0 fully saturated rings. The Morgan fingerprint density at radius 1 is 1.06 bits per heavy atom. The summed E-state index contributed by atoms with van der Waals surface area (Å²) in [6.07, 6.45) is 0.923. The van der Waals surface area contributed by atoms with Gasteiger partial charge in [0.2, 0.25) is 0 Å². The number of ether oxygens (including phenoxy) is 2. The molecule has 2 N–H and O–H groups in total. The Bertz CT molecular complexity index is 986. The predicted molar refractivity (Wildman–Crippen MR) is 121 cm³/mol. The lowest BCUT2D eigenvalue weighted by Gasteiger charge is -2.25. The first-order valence-electron chi connectivity index (χ1n) is 11.0. The number of carbonyl (C=O) groups is 2. The molecule has 1 unspecified atom stereocenters. The van der Waals surface area contributed by atoms with Crippen LogP contribution in [0.2, 0.25) is 0 Å². The lowest BCUT2D eigenvalue weighted by atomic mass is 9.96. The van der Waals surface area contributed by atoms with E-state index in [0.717, 1.165) is 23.3 Å². The summed E-state index contributed by atoms with van der Waals surface area (Å²) in [4.78, 5) is 27.1. The van der Waals surface area contributed by atoms with Gasteiger partial charge in [-0.1, -0.05) is 42.5 Å². The van der Waals surface area contributed by atoms with Gasteiger partial charge in [-0.05, 0) is 43.5 Å². The summed E-state index contributed by atoms with van der Waals surface area (Å²) in [5.41, 5.74) is 3.22. The maximum atomic E-state index is 13.1. The fourth-order valence-electron chi connectivity index (χ4n) is 3.93. The van der Waals surface area contributed by atoms with E-state index in [9.17, 15) is 9.59 Å². The molecule has 32 heavy (non-hydrogen) atoms. The zero-order valence-corrected chi connectivity index (χ0v) is 18.5. The van der Waals surface area contributed by atoms with Gasteiger partial charge in [-0.15, -0.1) is 0 Å². The molecule has 2 aromatic carbocycles. The van der Waals surface area contributed by atoms with Crippen LogP contribution in [0, 0.1) is 0 Å². The van der Waals surface area contributed by atoms with Crippen LogP contribution in [0.4, 0.5) is 4.79 Å². The van der Waals surface area contributed by atoms with Crippen LogP contribution in [0.5, 0.6) is 5.75 Å². The number of hydrogen-bond donors (Lipinski definition) is 2. The average molecular weight is 436 g/mol. The van der Waals surface area contributed by atoms with Crippen molar-refractivity contribution >= 4 is 11.9 Å². The van der Waals surface area contributed by atoms with Crippen molar-refractivity contribution in [3.05, 3.63) is 77.0 Å². The molecular formula is C25H29N3O4. The SMILES string of the molecule is CC(C)OCCCN1CC2=C(C1=O)C(c1ccc(OCc3ccccc3)cc1)NC(=O)N2. The second-order valence-corrected chi connectivity index (χ2v) is 8.27. The minimum Gasteiger partial charge on any atom is -0.489 e. The summed E-state index contributed by atoms with van der Waals surface area (Å²) < 4.78 is 11.4. The van der Waals surface area contributed by atoms with Gasteiger partial charge >= 0.3 is 6.03 Å². The molecule has 2 aliphatic rings. The topological polar surface area (TPSA) is 79.9 Å². The Hall–Kier alpha value is -3.32. The molecule has 0 bridgehead atoms. The minimum atomic E-state index is -0.480. The van der Waals surface area contributed by atoms with Gasteiger partial charge in [0.15, 0.2) is 0 Å². The van der Waals surface area contributed by atoms with E-state index >= 15 is 0 Å². The maximum Gasteiger partial charge on any atom is 0.319 e. The highest BCUT2D eigenvalue weighted by molar-refractivity contribution is 6.01. The van der Waals surface area contributed by atoms with Gasteiger partial charge < -0.3 is 25.0 Å². The largest absolute Gasteiger partial charge is 0.489 e. The molecule has 0 spiro atoms. The minimum absolute atomic E-state index is 0.0496. The van der Waals surface area contributed by atoms with Crippen molar-refractivity contribution in [1.29, 1.82) is 0 Å². The first-order chi connectivity index (χ1) is 15.5. The Morgan fingerprint density at radius 3 is 2.53 bits per heavy atom. The summed E-state index contributed by atoms with van der Waals surface area (Å²) >= 11 is 0. The molecule has 2 aromatic rings. The highest BCUT2D eigenvalue weighted by Gasteiger charge is 2.40. The van der Waals surface area contributed by atoms with E-state index in [1.807, 2.05) is 68.4 Å². The van der Waals surface area contributed by atoms with Crippen LogP contribution >= 0.6 is 0 Å². The molecule has 2 aliphatic heterocycles. The van der Waals surface area contributed by atoms with Crippen LogP contribution in [0.1, 0.15) is 37.4 Å². The molecule has 168 valence electrons. The van der Waals surface area contributed by atoms with E-state index < -0.39 is 6.04 Å². The second-order valence-electron chi connectivity index (χ2n) is 8.27. The van der Waals surface area contributed by atoms with Gasteiger partial charge in [-0.2, -0.15) is 0 Å². The monoisotopic (exact) mass is 435 g/mol. The summed E-state index contributed by atoms with van der Waals surface area (Å²) in [7, 11) is 0. The first-order valence-corrected chi connectivity index (χ1v) is 11.0. The van der Waals surface area contributed by atoms with E-state index in [0.29, 0.717) is 37.6 Å². The predicted octanol–water partition coefficient (Wildman–Crippen LogP) is 3.53. The van der Waals surface area contributed by atoms with Gasteiger partial charge in [0, 0.05) is 13.2 Å². The number of urea groups is 1. The van der Waals surface area contributed by atoms with Crippen LogP contribution in [-0.2, 0) is 16.1 Å². The Kier molecular flexibility index (Phi) is 6.75. The van der Waals surface area contributed by atoms with Gasteiger partial charge in [-0.3, -0.25) is 4.79 Å². The van der Waals surface area contributed by atoms with Gasteiger partial charge in [0.05, 0.1) is 30.0 Å². The summed E-state index contributed by atoms with van der Waals surface area (Å²) in [6.45, 7) is 6.07. The second kappa shape index (κ2) is 9.87. The van der Waals surface area contributed by atoms with Crippen molar-refractivity contribution < 1.29 is 19.1 Å².